The normalized spacial score (nSPS) is 11.2. The van der Waals surface area contributed by atoms with Gasteiger partial charge < -0.3 is 10.5 Å². The van der Waals surface area contributed by atoms with E-state index in [0.29, 0.717) is 19.8 Å². The third kappa shape index (κ3) is 2.02. The van der Waals surface area contributed by atoms with Gasteiger partial charge in [-0.1, -0.05) is 0 Å². The summed E-state index contributed by atoms with van der Waals surface area (Å²) in [5.41, 5.74) is 7.09. The minimum Gasteiger partial charge on any atom is -0.372 e. The van der Waals surface area contributed by atoms with E-state index in [-0.39, 0.29) is 0 Å². The van der Waals surface area contributed by atoms with Crippen LogP contribution in [0.2, 0.25) is 0 Å². The predicted molar refractivity (Wildman–Crippen MR) is 59.0 cm³/mol. The summed E-state index contributed by atoms with van der Waals surface area (Å²) < 4.78 is 7.24. The summed E-state index contributed by atoms with van der Waals surface area (Å²) in [6.07, 6.45) is 0. The van der Waals surface area contributed by atoms with Crippen LogP contribution in [0, 0.1) is 13.8 Å². The molecule has 0 spiro atoms. The van der Waals surface area contributed by atoms with Crippen LogP contribution in [-0.2, 0) is 11.3 Å². The number of fused-ring (bicyclic) bond motifs is 1. The molecule has 0 aliphatic rings. The van der Waals surface area contributed by atoms with Gasteiger partial charge in [0.1, 0.15) is 12.4 Å². The van der Waals surface area contributed by atoms with Gasteiger partial charge in [0, 0.05) is 18.3 Å². The van der Waals surface area contributed by atoms with E-state index in [1.807, 2.05) is 24.3 Å². The van der Waals surface area contributed by atoms with Gasteiger partial charge in [-0.3, -0.25) is 4.40 Å². The van der Waals surface area contributed by atoms with Gasteiger partial charge in [-0.05, 0) is 13.8 Å². The Bertz CT molecular complexity index is 493. The molecule has 6 nitrogen and oxygen atoms in total. The Balaban J connectivity index is 2.33. The van der Waals surface area contributed by atoms with Gasteiger partial charge in [0.25, 0.3) is 0 Å². The highest BCUT2D eigenvalue weighted by Crippen LogP contribution is 2.08. The molecule has 16 heavy (non-hydrogen) atoms. The largest absolute Gasteiger partial charge is 0.372 e. The van der Waals surface area contributed by atoms with Crippen LogP contribution in [0.15, 0.2) is 6.07 Å². The first kappa shape index (κ1) is 11.0. The summed E-state index contributed by atoms with van der Waals surface area (Å²) in [6.45, 7) is 5.30. The lowest BCUT2D eigenvalue weighted by atomic mass is 10.4. The van der Waals surface area contributed by atoms with Gasteiger partial charge in [-0.15, -0.1) is 10.2 Å². The van der Waals surface area contributed by atoms with Gasteiger partial charge >= 0.3 is 0 Å². The maximum absolute atomic E-state index is 5.35. The fraction of sp³-hybridized carbons (Fsp3) is 0.500. The second-order valence-corrected chi connectivity index (χ2v) is 3.60. The summed E-state index contributed by atoms with van der Waals surface area (Å²) in [5.74, 6) is 1.62. The molecule has 2 N–H and O–H groups in total. The third-order valence-electron chi connectivity index (χ3n) is 2.25. The zero-order valence-corrected chi connectivity index (χ0v) is 9.47. The van der Waals surface area contributed by atoms with Crippen LogP contribution in [-0.4, -0.2) is 32.7 Å². The Labute approximate surface area is 93.5 Å². The van der Waals surface area contributed by atoms with Crippen molar-refractivity contribution in [2.24, 2.45) is 5.73 Å². The second-order valence-electron chi connectivity index (χ2n) is 3.60. The van der Waals surface area contributed by atoms with Crippen LogP contribution in [0.25, 0.3) is 5.65 Å². The molecule has 2 aromatic heterocycles. The van der Waals surface area contributed by atoms with E-state index in [2.05, 4.69) is 15.2 Å². The van der Waals surface area contributed by atoms with Crippen LogP contribution >= 0.6 is 0 Å². The first-order chi connectivity index (χ1) is 7.72. The highest BCUT2D eigenvalue weighted by molar-refractivity contribution is 5.39. The molecule has 0 bridgehead atoms. The van der Waals surface area contributed by atoms with E-state index in [1.165, 1.54) is 0 Å². The smallest absolute Gasteiger partial charge is 0.164 e. The summed E-state index contributed by atoms with van der Waals surface area (Å²) in [7, 11) is 0. The zero-order chi connectivity index (χ0) is 11.5. The average molecular weight is 221 g/mol. The number of aromatic nitrogens is 4. The van der Waals surface area contributed by atoms with Gasteiger partial charge in [-0.25, -0.2) is 4.98 Å². The van der Waals surface area contributed by atoms with Crippen LogP contribution < -0.4 is 5.73 Å². The molecule has 2 heterocycles. The van der Waals surface area contributed by atoms with Gasteiger partial charge in [-0.2, -0.15) is 0 Å². The summed E-state index contributed by atoms with van der Waals surface area (Å²) in [6, 6.07) is 1.90. The molecule has 6 heteroatoms. The minimum atomic E-state index is 0.407. The van der Waals surface area contributed by atoms with Gasteiger partial charge in [0.05, 0.1) is 6.61 Å². The maximum Gasteiger partial charge on any atom is 0.164 e. The topological polar surface area (TPSA) is 78.3 Å². The summed E-state index contributed by atoms with van der Waals surface area (Å²) >= 11 is 0. The molecule has 0 aromatic carbocycles. The molecule has 0 unspecified atom stereocenters. The molecule has 86 valence electrons. The molecule has 0 saturated carbocycles. The lowest BCUT2D eigenvalue weighted by Crippen LogP contribution is -2.10. The number of rotatable bonds is 4. The molecule has 2 aromatic rings. The Hall–Kier alpha value is -1.53. The summed E-state index contributed by atoms with van der Waals surface area (Å²) in [5, 5.41) is 8.16. The van der Waals surface area contributed by atoms with E-state index in [4.69, 9.17) is 10.5 Å². The van der Waals surface area contributed by atoms with Gasteiger partial charge in [0.15, 0.2) is 11.5 Å². The van der Waals surface area contributed by atoms with Crippen molar-refractivity contribution in [2.75, 3.05) is 13.2 Å². The molecule has 0 amide bonds. The molecule has 0 fully saturated rings. The SMILES string of the molecule is Cc1cc2nnc(COCCN)n2c(C)n1. The fourth-order valence-electron chi connectivity index (χ4n) is 1.64. The van der Waals surface area contributed by atoms with E-state index in [9.17, 15) is 0 Å². The van der Waals surface area contributed by atoms with E-state index in [1.54, 1.807) is 0 Å². The van der Waals surface area contributed by atoms with Crippen molar-refractivity contribution in [3.63, 3.8) is 0 Å². The fourth-order valence-corrected chi connectivity index (χ4v) is 1.64. The van der Waals surface area contributed by atoms with Crippen molar-refractivity contribution in [3.8, 4) is 0 Å². The highest BCUT2D eigenvalue weighted by Gasteiger charge is 2.08. The highest BCUT2D eigenvalue weighted by atomic mass is 16.5. The molecular weight excluding hydrogens is 206 g/mol. The second kappa shape index (κ2) is 4.54. The molecular formula is C10H15N5O. The molecule has 0 radical (unpaired) electrons. The molecule has 0 aliphatic heterocycles. The Morgan fingerprint density at radius 3 is 2.94 bits per heavy atom. The number of hydrogen-bond acceptors (Lipinski definition) is 5. The first-order valence-corrected chi connectivity index (χ1v) is 5.18. The van der Waals surface area contributed by atoms with E-state index in [0.717, 1.165) is 23.0 Å². The van der Waals surface area contributed by atoms with Crippen molar-refractivity contribution in [1.82, 2.24) is 19.6 Å². The van der Waals surface area contributed by atoms with Crippen molar-refractivity contribution < 1.29 is 4.74 Å². The van der Waals surface area contributed by atoms with Crippen molar-refractivity contribution in [1.29, 1.82) is 0 Å². The van der Waals surface area contributed by atoms with Crippen molar-refractivity contribution >= 4 is 5.65 Å². The Kier molecular flexibility index (Phi) is 3.12. The third-order valence-corrected chi connectivity index (χ3v) is 2.25. The Morgan fingerprint density at radius 2 is 2.19 bits per heavy atom. The van der Waals surface area contributed by atoms with Crippen LogP contribution in [0.1, 0.15) is 17.3 Å². The lowest BCUT2D eigenvalue weighted by Gasteiger charge is -2.04. The molecule has 0 aliphatic carbocycles. The van der Waals surface area contributed by atoms with E-state index >= 15 is 0 Å². The van der Waals surface area contributed by atoms with Crippen molar-refractivity contribution in [2.45, 2.75) is 20.5 Å². The molecule has 2 rings (SSSR count). The standard InChI is InChI=1S/C10H15N5O/c1-7-5-9-13-14-10(6-16-4-3-11)15(9)8(2)12-7/h5H,3-4,6,11H2,1-2H3. The minimum absolute atomic E-state index is 0.407. The molecule has 0 saturated heterocycles. The zero-order valence-electron chi connectivity index (χ0n) is 9.47. The monoisotopic (exact) mass is 221 g/mol. The average Bonchev–Trinajstić information content (AvgIpc) is 2.62. The Morgan fingerprint density at radius 1 is 1.38 bits per heavy atom. The van der Waals surface area contributed by atoms with Crippen LogP contribution in [0.5, 0.6) is 0 Å². The number of hydrogen-bond donors (Lipinski definition) is 1. The van der Waals surface area contributed by atoms with Crippen LogP contribution in [0.4, 0.5) is 0 Å². The van der Waals surface area contributed by atoms with Crippen molar-refractivity contribution in [3.05, 3.63) is 23.4 Å². The molecule has 0 atom stereocenters. The van der Waals surface area contributed by atoms with Gasteiger partial charge in [0.2, 0.25) is 0 Å². The number of nitrogens with two attached hydrogens (primary N) is 1. The number of aryl methyl sites for hydroxylation is 2. The predicted octanol–water partition coefficient (Wildman–Crippen LogP) is 0.216. The lowest BCUT2D eigenvalue weighted by molar-refractivity contribution is 0.121. The maximum atomic E-state index is 5.35. The van der Waals surface area contributed by atoms with E-state index < -0.39 is 0 Å². The summed E-state index contributed by atoms with van der Waals surface area (Å²) in [4.78, 5) is 4.37. The van der Waals surface area contributed by atoms with Crippen LogP contribution in [0.3, 0.4) is 0 Å². The quantitative estimate of drug-likeness (QED) is 0.747. The first-order valence-electron chi connectivity index (χ1n) is 5.18. The number of nitrogens with zero attached hydrogens (tertiary/aromatic N) is 4. The number of ether oxygens (including phenoxy) is 1.